The first-order chi connectivity index (χ1) is 12.4. The summed E-state index contributed by atoms with van der Waals surface area (Å²) in [6.07, 6.45) is 1.94. The van der Waals surface area contributed by atoms with Crippen molar-refractivity contribution in [1.29, 1.82) is 0 Å². The standard InChI is InChI=1S/C17H19ClN2O4S2/c1-20(26(22,23)14-6-4-12(18)5-7-14)15-8-10-25-16(15)17(21)19-11-13-3-2-9-24-13/h4-8,10,13H,2-3,9,11H2,1H3,(H,19,21)/t13-/m0/s1. The van der Waals surface area contributed by atoms with Gasteiger partial charge in [-0.15, -0.1) is 11.3 Å². The van der Waals surface area contributed by atoms with Crippen LogP contribution in [-0.4, -0.2) is 40.6 Å². The number of carbonyl (C=O) groups excluding carboxylic acids is 1. The molecule has 1 fully saturated rings. The predicted molar refractivity (Wildman–Crippen MR) is 103 cm³/mol. The number of carbonyl (C=O) groups is 1. The van der Waals surface area contributed by atoms with Gasteiger partial charge in [0.2, 0.25) is 0 Å². The molecule has 1 atom stereocenters. The highest BCUT2D eigenvalue weighted by Gasteiger charge is 2.26. The lowest BCUT2D eigenvalue weighted by molar-refractivity contribution is 0.0861. The number of nitrogens with one attached hydrogen (secondary N) is 1. The van der Waals surface area contributed by atoms with E-state index in [0.717, 1.165) is 17.1 Å². The first kappa shape index (κ1) is 19.2. The molecule has 140 valence electrons. The molecule has 1 N–H and O–H groups in total. The van der Waals surface area contributed by atoms with Gasteiger partial charge in [0.25, 0.3) is 15.9 Å². The molecule has 6 nitrogen and oxygen atoms in total. The first-order valence-corrected chi connectivity index (χ1v) is 10.8. The van der Waals surface area contributed by atoms with E-state index in [1.807, 2.05) is 0 Å². The third-order valence-electron chi connectivity index (χ3n) is 4.18. The van der Waals surface area contributed by atoms with E-state index in [2.05, 4.69) is 5.32 Å². The SMILES string of the molecule is CN(c1ccsc1C(=O)NC[C@@H]1CCCO1)S(=O)(=O)c1ccc(Cl)cc1. The fraction of sp³-hybridized carbons (Fsp3) is 0.353. The number of amides is 1. The Hall–Kier alpha value is -1.61. The third kappa shape index (κ3) is 4.03. The van der Waals surface area contributed by atoms with Gasteiger partial charge in [0, 0.05) is 25.2 Å². The third-order valence-corrected chi connectivity index (χ3v) is 7.12. The molecule has 0 radical (unpaired) electrons. The second-order valence-electron chi connectivity index (χ2n) is 5.91. The van der Waals surface area contributed by atoms with Crippen LogP contribution in [0.1, 0.15) is 22.5 Å². The Morgan fingerprint density at radius 2 is 2.08 bits per heavy atom. The number of halogens is 1. The Kier molecular flexibility index (Phi) is 5.86. The van der Waals surface area contributed by atoms with Crippen molar-refractivity contribution < 1.29 is 17.9 Å². The van der Waals surface area contributed by atoms with Crippen molar-refractivity contribution in [3.05, 3.63) is 45.6 Å². The Balaban J connectivity index is 1.77. The van der Waals surface area contributed by atoms with Crippen LogP contribution in [0.3, 0.4) is 0 Å². The van der Waals surface area contributed by atoms with Gasteiger partial charge in [-0.3, -0.25) is 9.10 Å². The molecule has 1 aliphatic heterocycles. The summed E-state index contributed by atoms with van der Waals surface area (Å²) in [6.45, 7) is 1.14. The molecule has 1 aliphatic rings. The van der Waals surface area contributed by atoms with E-state index in [1.165, 1.54) is 42.6 Å². The molecule has 3 rings (SSSR count). The molecule has 0 aliphatic carbocycles. The number of hydrogen-bond donors (Lipinski definition) is 1. The van der Waals surface area contributed by atoms with Gasteiger partial charge in [0.05, 0.1) is 16.7 Å². The van der Waals surface area contributed by atoms with Crippen molar-refractivity contribution in [2.75, 3.05) is 24.5 Å². The minimum atomic E-state index is -3.79. The largest absolute Gasteiger partial charge is 0.376 e. The van der Waals surface area contributed by atoms with Crippen LogP contribution in [0.25, 0.3) is 0 Å². The minimum absolute atomic E-state index is 0.0258. The van der Waals surface area contributed by atoms with Crippen molar-refractivity contribution in [2.24, 2.45) is 0 Å². The maximum atomic E-state index is 12.8. The molecular weight excluding hydrogens is 396 g/mol. The van der Waals surface area contributed by atoms with Gasteiger partial charge in [-0.1, -0.05) is 11.6 Å². The topological polar surface area (TPSA) is 75.7 Å². The summed E-state index contributed by atoms with van der Waals surface area (Å²) in [4.78, 5) is 13.0. The number of benzene rings is 1. The van der Waals surface area contributed by atoms with Crippen molar-refractivity contribution >= 4 is 44.6 Å². The van der Waals surface area contributed by atoms with E-state index in [1.54, 1.807) is 11.4 Å². The van der Waals surface area contributed by atoms with Crippen molar-refractivity contribution in [2.45, 2.75) is 23.8 Å². The molecular formula is C17H19ClN2O4S2. The van der Waals surface area contributed by atoms with Crippen LogP contribution >= 0.6 is 22.9 Å². The normalized spacial score (nSPS) is 17.2. The van der Waals surface area contributed by atoms with Gasteiger partial charge in [0.15, 0.2) is 0 Å². The van der Waals surface area contributed by atoms with Gasteiger partial charge < -0.3 is 10.1 Å². The molecule has 1 saturated heterocycles. The van der Waals surface area contributed by atoms with Crippen LogP contribution in [0.15, 0.2) is 40.6 Å². The van der Waals surface area contributed by atoms with Gasteiger partial charge in [-0.2, -0.15) is 0 Å². The molecule has 0 unspecified atom stereocenters. The van der Waals surface area contributed by atoms with Crippen LogP contribution < -0.4 is 9.62 Å². The zero-order chi connectivity index (χ0) is 18.7. The Morgan fingerprint density at radius 3 is 2.73 bits per heavy atom. The summed E-state index contributed by atoms with van der Waals surface area (Å²) in [5.41, 5.74) is 0.342. The van der Waals surface area contributed by atoms with E-state index in [-0.39, 0.29) is 16.9 Å². The highest BCUT2D eigenvalue weighted by atomic mass is 35.5. The van der Waals surface area contributed by atoms with Crippen LogP contribution in [0.4, 0.5) is 5.69 Å². The van der Waals surface area contributed by atoms with Gasteiger partial charge >= 0.3 is 0 Å². The molecule has 2 aromatic rings. The molecule has 9 heteroatoms. The highest BCUT2D eigenvalue weighted by Crippen LogP contribution is 2.30. The summed E-state index contributed by atoms with van der Waals surface area (Å²) in [6, 6.07) is 7.55. The Labute approximate surface area is 161 Å². The zero-order valence-electron chi connectivity index (χ0n) is 14.1. The summed E-state index contributed by atoms with van der Waals surface area (Å²) >= 11 is 7.03. The maximum Gasteiger partial charge on any atom is 0.264 e. The van der Waals surface area contributed by atoms with Crippen LogP contribution in [-0.2, 0) is 14.8 Å². The molecule has 0 bridgehead atoms. The zero-order valence-corrected chi connectivity index (χ0v) is 16.5. The average molecular weight is 415 g/mol. The lowest BCUT2D eigenvalue weighted by atomic mass is 10.2. The van der Waals surface area contributed by atoms with Crippen molar-refractivity contribution in [1.82, 2.24) is 5.32 Å². The average Bonchev–Trinajstić information content (AvgIpc) is 3.31. The quantitative estimate of drug-likeness (QED) is 0.787. The maximum absolute atomic E-state index is 12.8. The number of sulfonamides is 1. The molecule has 0 saturated carbocycles. The number of anilines is 1. The van der Waals surface area contributed by atoms with Crippen LogP contribution in [0.2, 0.25) is 5.02 Å². The predicted octanol–water partition coefficient (Wildman–Crippen LogP) is 3.14. The molecule has 1 aromatic heterocycles. The van der Waals surface area contributed by atoms with Gasteiger partial charge in [-0.25, -0.2) is 8.42 Å². The lowest BCUT2D eigenvalue weighted by Gasteiger charge is -2.20. The van der Waals surface area contributed by atoms with Gasteiger partial charge in [-0.05, 0) is 48.6 Å². The summed E-state index contributed by atoms with van der Waals surface area (Å²) < 4.78 is 32.2. The monoisotopic (exact) mass is 414 g/mol. The minimum Gasteiger partial charge on any atom is -0.376 e. The lowest BCUT2D eigenvalue weighted by Crippen LogP contribution is -2.33. The highest BCUT2D eigenvalue weighted by molar-refractivity contribution is 7.92. The molecule has 0 spiro atoms. The Bertz CT molecular complexity index is 874. The van der Waals surface area contributed by atoms with Crippen molar-refractivity contribution in [3.8, 4) is 0 Å². The van der Waals surface area contributed by atoms with E-state index in [0.29, 0.717) is 28.7 Å². The first-order valence-electron chi connectivity index (χ1n) is 8.11. The number of ether oxygens (including phenoxy) is 1. The molecule has 26 heavy (non-hydrogen) atoms. The van der Waals surface area contributed by atoms with E-state index in [9.17, 15) is 13.2 Å². The summed E-state index contributed by atoms with van der Waals surface area (Å²) in [5, 5.41) is 4.98. The van der Waals surface area contributed by atoms with Gasteiger partial charge in [0.1, 0.15) is 4.88 Å². The fourth-order valence-electron chi connectivity index (χ4n) is 2.71. The fourth-order valence-corrected chi connectivity index (χ4v) is 4.94. The summed E-state index contributed by atoms with van der Waals surface area (Å²) in [7, 11) is -2.36. The smallest absolute Gasteiger partial charge is 0.264 e. The van der Waals surface area contributed by atoms with Crippen LogP contribution in [0, 0.1) is 0 Å². The second-order valence-corrected chi connectivity index (χ2v) is 9.23. The van der Waals surface area contributed by atoms with E-state index in [4.69, 9.17) is 16.3 Å². The number of nitrogens with zero attached hydrogens (tertiary/aromatic N) is 1. The van der Waals surface area contributed by atoms with Crippen LogP contribution in [0.5, 0.6) is 0 Å². The molecule has 2 heterocycles. The Morgan fingerprint density at radius 1 is 1.35 bits per heavy atom. The molecule has 1 aromatic carbocycles. The number of thiophene rings is 1. The number of rotatable bonds is 6. The summed E-state index contributed by atoms with van der Waals surface area (Å²) in [5.74, 6) is -0.302. The second kappa shape index (κ2) is 7.96. The van der Waals surface area contributed by atoms with E-state index >= 15 is 0 Å². The number of hydrogen-bond acceptors (Lipinski definition) is 5. The van der Waals surface area contributed by atoms with E-state index < -0.39 is 10.0 Å². The molecule has 1 amide bonds. The van der Waals surface area contributed by atoms with Crippen molar-refractivity contribution in [3.63, 3.8) is 0 Å².